The minimum absolute atomic E-state index is 0.323. The van der Waals surface area contributed by atoms with Gasteiger partial charge in [-0.15, -0.1) is 0 Å². The van der Waals surface area contributed by atoms with Gasteiger partial charge in [0.15, 0.2) is 0 Å². The molecular formula is C33H36BrFN9O2P. The van der Waals surface area contributed by atoms with Crippen molar-refractivity contribution in [3.8, 4) is 16.9 Å². The van der Waals surface area contributed by atoms with Crippen molar-refractivity contribution < 1.29 is 13.7 Å². The zero-order valence-electron chi connectivity index (χ0n) is 26.6. The van der Waals surface area contributed by atoms with Crippen LogP contribution in [0.3, 0.4) is 0 Å². The molecule has 7 rings (SSSR count). The minimum Gasteiger partial charge on any atom is -0.494 e. The SMILES string of the molecule is COc1cc(N2CCC(N3CC(F)C3)C2)c(-c2cnn(C)c2)cc1Nc1ncc(Br)c(Nc2ccc3ncccc3c2P(C)(C)=O)n1. The number of aromatic nitrogens is 5. The van der Waals surface area contributed by atoms with Crippen LogP contribution in [0.5, 0.6) is 5.75 Å². The van der Waals surface area contributed by atoms with Crippen LogP contribution in [0.25, 0.3) is 22.0 Å². The summed E-state index contributed by atoms with van der Waals surface area (Å²) < 4.78 is 35.4. The quantitative estimate of drug-likeness (QED) is 0.172. The number of halogens is 2. The molecule has 2 N–H and O–H groups in total. The number of hydrogen-bond donors (Lipinski definition) is 2. The van der Waals surface area contributed by atoms with Crippen molar-refractivity contribution in [2.75, 3.05) is 62.2 Å². The van der Waals surface area contributed by atoms with Crippen molar-refractivity contribution in [1.82, 2.24) is 29.6 Å². The summed E-state index contributed by atoms with van der Waals surface area (Å²) in [6.45, 7) is 6.21. The van der Waals surface area contributed by atoms with Gasteiger partial charge in [-0.3, -0.25) is 14.6 Å². The summed E-state index contributed by atoms with van der Waals surface area (Å²) in [4.78, 5) is 18.4. The Kier molecular flexibility index (Phi) is 8.40. The molecular weight excluding hydrogens is 684 g/mol. The Morgan fingerprint density at radius 3 is 2.62 bits per heavy atom. The van der Waals surface area contributed by atoms with Gasteiger partial charge in [-0.05, 0) is 59.9 Å². The molecule has 47 heavy (non-hydrogen) atoms. The molecule has 0 aliphatic carbocycles. The van der Waals surface area contributed by atoms with E-state index in [2.05, 4.69) is 51.4 Å². The molecule has 2 aromatic carbocycles. The fourth-order valence-electron chi connectivity index (χ4n) is 6.48. The van der Waals surface area contributed by atoms with Crippen molar-refractivity contribution in [3.05, 3.63) is 65.7 Å². The normalized spacial score (nSPS) is 17.2. The van der Waals surface area contributed by atoms with Gasteiger partial charge in [0.05, 0.1) is 34.7 Å². The molecule has 0 amide bonds. The Bertz CT molecular complexity index is 2010. The predicted octanol–water partition coefficient (Wildman–Crippen LogP) is 6.16. The molecule has 2 aliphatic heterocycles. The highest BCUT2D eigenvalue weighted by Crippen LogP contribution is 2.43. The topological polar surface area (TPSA) is 113 Å². The molecule has 3 aromatic heterocycles. The molecule has 0 saturated carbocycles. The number of nitrogens with one attached hydrogen (secondary N) is 2. The number of rotatable bonds is 9. The molecule has 0 radical (unpaired) electrons. The third-order valence-corrected chi connectivity index (χ3v) is 10.9. The highest BCUT2D eigenvalue weighted by atomic mass is 79.9. The Hall–Kier alpha value is -4.06. The molecule has 244 valence electrons. The average molecular weight is 721 g/mol. The van der Waals surface area contributed by atoms with E-state index in [1.165, 1.54) is 0 Å². The molecule has 2 saturated heterocycles. The number of hydrogen-bond acceptors (Lipinski definition) is 10. The highest BCUT2D eigenvalue weighted by molar-refractivity contribution is 9.10. The van der Waals surface area contributed by atoms with Crippen LogP contribution < -0.4 is 25.6 Å². The van der Waals surface area contributed by atoms with Gasteiger partial charge in [0.25, 0.3) is 0 Å². The summed E-state index contributed by atoms with van der Waals surface area (Å²) in [5, 5.41) is 12.7. The van der Waals surface area contributed by atoms with Crippen molar-refractivity contribution in [1.29, 1.82) is 0 Å². The fraction of sp³-hybridized carbons (Fsp3) is 0.333. The molecule has 1 unspecified atom stereocenters. The zero-order chi connectivity index (χ0) is 32.9. The fourth-order valence-corrected chi connectivity index (χ4v) is 8.25. The van der Waals surface area contributed by atoms with E-state index in [4.69, 9.17) is 9.72 Å². The van der Waals surface area contributed by atoms with Crippen LogP contribution in [0.2, 0.25) is 0 Å². The van der Waals surface area contributed by atoms with E-state index in [0.29, 0.717) is 57.8 Å². The Balaban J connectivity index is 1.22. The van der Waals surface area contributed by atoms with Gasteiger partial charge < -0.3 is 24.8 Å². The van der Waals surface area contributed by atoms with Crippen LogP contribution in [-0.4, -0.2) is 88.5 Å². The minimum atomic E-state index is -2.71. The molecule has 5 aromatic rings. The molecule has 2 fully saturated rings. The van der Waals surface area contributed by atoms with E-state index in [9.17, 15) is 8.96 Å². The number of aryl methyl sites for hydroxylation is 1. The molecule has 0 spiro atoms. The summed E-state index contributed by atoms with van der Waals surface area (Å²) >= 11 is 3.59. The van der Waals surface area contributed by atoms with Crippen LogP contribution in [0.15, 0.2) is 65.7 Å². The van der Waals surface area contributed by atoms with E-state index in [0.717, 1.165) is 47.2 Å². The van der Waals surface area contributed by atoms with Gasteiger partial charge in [-0.1, -0.05) is 6.07 Å². The first-order chi connectivity index (χ1) is 22.6. The van der Waals surface area contributed by atoms with Crippen LogP contribution >= 0.6 is 23.1 Å². The van der Waals surface area contributed by atoms with E-state index < -0.39 is 13.3 Å². The number of nitrogens with zero attached hydrogens (tertiary/aromatic N) is 7. The summed E-state index contributed by atoms with van der Waals surface area (Å²) in [6.07, 6.45) is 7.49. The van der Waals surface area contributed by atoms with Crippen LogP contribution in [0.4, 0.5) is 33.2 Å². The predicted molar refractivity (Wildman–Crippen MR) is 189 cm³/mol. The Morgan fingerprint density at radius 2 is 1.89 bits per heavy atom. The number of alkyl halides is 1. The Morgan fingerprint density at radius 1 is 1.06 bits per heavy atom. The van der Waals surface area contributed by atoms with Crippen LogP contribution in [0, 0.1) is 0 Å². The summed E-state index contributed by atoms with van der Waals surface area (Å²) in [6, 6.07) is 12.0. The number of likely N-dealkylation sites (tertiary alicyclic amines) is 1. The Labute approximate surface area is 281 Å². The first-order valence-corrected chi connectivity index (χ1v) is 18.8. The third kappa shape index (κ3) is 6.31. The first kappa shape index (κ1) is 31.5. The second-order valence-electron chi connectivity index (χ2n) is 12.4. The van der Waals surface area contributed by atoms with E-state index in [-0.39, 0.29) is 0 Å². The van der Waals surface area contributed by atoms with Crippen molar-refractivity contribution in [2.24, 2.45) is 7.05 Å². The number of pyridine rings is 1. The summed E-state index contributed by atoms with van der Waals surface area (Å²) in [5.41, 5.74) is 5.13. The lowest BCUT2D eigenvalue weighted by atomic mass is 10.0. The maximum Gasteiger partial charge on any atom is 0.229 e. The number of ether oxygens (including phenoxy) is 1. The van der Waals surface area contributed by atoms with Gasteiger partial charge in [-0.25, -0.2) is 9.37 Å². The van der Waals surface area contributed by atoms with Crippen LogP contribution in [-0.2, 0) is 11.6 Å². The molecule has 2 aliphatic rings. The lowest BCUT2D eigenvalue weighted by Gasteiger charge is -2.39. The summed E-state index contributed by atoms with van der Waals surface area (Å²) in [5.74, 6) is 1.49. The van der Waals surface area contributed by atoms with E-state index in [1.807, 2.05) is 55.8 Å². The maximum atomic E-state index is 13.6. The second kappa shape index (κ2) is 12.5. The number of fused-ring (bicyclic) bond motifs is 1. The van der Waals surface area contributed by atoms with E-state index >= 15 is 0 Å². The smallest absolute Gasteiger partial charge is 0.229 e. The van der Waals surface area contributed by atoms with Gasteiger partial charge in [0.2, 0.25) is 5.95 Å². The average Bonchev–Trinajstić information content (AvgIpc) is 3.69. The lowest BCUT2D eigenvalue weighted by molar-refractivity contribution is 0.0347. The van der Waals surface area contributed by atoms with Gasteiger partial charge in [0, 0.05) is 91.4 Å². The molecule has 0 bridgehead atoms. The summed E-state index contributed by atoms with van der Waals surface area (Å²) in [7, 11) is 0.824. The van der Waals surface area contributed by atoms with Gasteiger partial charge >= 0.3 is 0 Å². The van der Waals surface area contributed by atoms with E-state index in [1.54, 1.807) is 37.5 Å². The van der Waals surface area contributed by atoms with Crippen molar-refractivity contribution in [2.45, 2.75) is 18.6 Å². The first-order valence-electron chi connectivity index (χ1n) is 15.4. The third-order valence-electron chi connectivity index (χ3n) is 8.76. The number of benzene rings is 2. The highest BCUT2D eigenvalue weighted by Gasteiger charge is 2.37. The second-order valence-corrected chi connectivity index (χ2v) is 16.4. The largest absolute Gasteiger partial charge is 0.494 e. The molecule has 1 atom stereocenters. The maximum absolute atomic E-state index is 13.6. The molecule has 11 nitrogen and oxygen atoms in total. The van der Waals surface area contributed by atoms with Crippen molar-refractivity contribution >= 4 is 68.1 Å². The number of anilines is 5. The lowest BCUT2D eigenvalue weighted by Crippen LogP contribution is -2.54. The van der Waals surface area contributed by atoms with Gasteiger partial charge in [0.1, 0.15) is 24.9 Å². The van der Waals surface area contributed by atoms with Crippen LogP contribution in [0.1, 0.15) is 6.42 Å². The molecule has 5 heterocycles. The van der Waals surface area contributed by atoms with Gasteiger partial charge in [-0.2, -0.15) is 10.1 Å². The monoisotopic (exact) mass is 719 g/mol. The standard InChI is InChI=1S/C33H36BrFN9O2P/c1-42-16-20(14-38-42)24-12-28(30(46-2)13-29(24)43-11-9-22(19-43)44-17-21(35)18-44)40-33-37-15-25(34)32(41-33)39-27-8-7-26-23(6-5-10-36-26)31(27)47(3,4)45/h5-8,10,12-16,21-22H,9,11,17-19H2,1-4H3,(H2,37,39,40,41). The molecule has 14 heteroatoms. The zero-order valence-corrected chi connectivity index (χ0v) is 29.1. The number of methoxy groups -OCH3 is 1. The van der Waals surface area contributed by atoms with Crippen molar-refractivity contribution in [3.63, 3.8) is 0 Å².